The molecule has 0 bridgehead atoms. The maximum absolute atomic E-state index is 2.46. The van der Waals surface area contributed by atoms with Crippen LogP contribution in [0, 0.1) is 0 Å². The average Bonchev–Trinajstić information content (AvgIpc) is 3.72. The van der Waals surface area contributed by atoms with E-state index in [0.29, 0.717) is 0 Å². The molecule has 1 aromatic heterocycles. The van der Waals surface area contributed by atoms with Crippen LogP contribution < -0.4 is 4.90 Å². The van der Waals surface area contributed by atoms with Crippen molar-refractivity contribution in [2.45, 2.75) is 38.5 Å². The molecule has 8 aromatic rings. The van der Waals surface area contributed by atoms with Crippen LogP contribution >= 0.6 is 11.3 Å². The van der Waals surface area contributed by atoms with E-state index in [1.165, 1.54) is 87.2 Å². The van der Waals surface area contributed by atoms with Gasteiger partial charge in [0.05, 0.1) is 0 Å². The van der Waals surface area contributed by atoms with E-state index in [2.05, 4.69) is 184 Å². The number of benzene rings is 7. The zero-order valence-corrected chi connectivity index (χ0v) is 29.6. The summed E-state index contributed by atoms with van der Waals surface area (Å²) >= 11 is 1.89. The molecular weight excluding hydrogens is 623 g/mol. The monoisotopic (exact) mass is 659 g/mol. The first-order valence-corrected chi connectivity index (χ1v) is 18.4. The van der Waals surface area contributed by atoms with Crippen molar-refractivity contribution in [2.24, 2.45) is 0 Å². The lowest BCUT2D eigenvalue weighted by molar-refractivity contribution is 0.660. The average molecular weight is 660 g/mol. The number of fused-ring (bicyclic) bond motifs is 9. The lowest BCUT2D eigenvalue weighted by Crippen LogP contribution is -2.17. The van der Waals surface area contributed by atoms with Crippen LogP contribution in [-0.2, 0) is 10.8 Å². The van der Waals surface area contributed by atoms with E-state index < -0.39 is 0 Å². The molecule has 1 nitrogen and oxygen atoms in total. The summed E-state index contributed by atoms with van der Waals surface area (Å²) in [5.41, 5.74) is 16.8. The Morgan fingerprint density at radius 3 is 1.72 bits per heavy atom. The quantitative estimate of drug-likeness (QED) is 0.182. The molecule has 10 rings (SSSR count). The Morgan fingerprint density at radius 2 is 0.940 bits per heavy atom. The standard InChI is InChI=1S/C48H37NS/c1-47(2)42-18-9-6-13-36(42)40-28-32(25-27-43(40)47)49(33-24-26-37-35-12-5-8-17-41(35)48(3,4)44(37)29-33)31-22-20-30(21-23-31)34-15-11-16-39-38-14-7-10-19-45(38)50-46(34)39/h5-29H,1-4H3. The fraction of sp³-hybridized carbons (Fsp3) is 0.125. The second-order valence-electron chi connectivity index (χ2n) is 15.0. The zero-order valence-electron chi connectivity index (χ0n) is 28.8. The molecule has 240 valence electrons. The van der Waals surface area contributed by atoms with E-state index in [1.807, 2.05) is 11.3 Å². The third-order valence-electron chi connectivity index (χ3n) is 11.5. The van der Waals surface area contributed by atoms with Gasteiger partial charge < -0.3 is 4.90 Å². The van der Waals surface area contributed by atoms with Crippen molar-refractivity contribution in [2.75, 3.05) is 4.90 Å². The Balaban J connectivity index is 1.14. The van der Waals surface area contributed by atoms with E-state index in [9.17, 15) is 0 Å². The number of hydrogen-bond acceptors (Lipinski definition) is 2. The van der Waals surface area contributed by atoms with Crippen molar-refractivity contribution in [3.8, 4) is 33.4 Å². The van der Waals surface area contributed by atoms with E-state index in [1.54, 1.807) is 0 Å². The van der Waals surface area contributed by atoms with Gasteiger partial charge in [-0.15, -0.1) is 11.3 Å². The molecule has 0 radical (unpaired) electrons. The molecule has 0 atom stereocenters. The fourth-order valence-electron chi connectivity index (χ4n) is 8.89. The topological polar surface area (TPSA) is 3.24 Å². The van der Waals surface area contributed by atoms with Gasteiger partial charge in [-0.3, -0.25) is 0 Å². The molecular formula is C48H37NS. The molecule has 2 heteroatoms. The van der Waals surface area contributed by atoms with E-state index in [0.717, 1.165) is 5.69 Å². The molecule has 2 aliphatic rings. The van der Waals surface area contributed by atoms with Gasteiger partial charge in [-0.1, -0.05) is 137 Å². The van der Waals surface area contributed by atoms with Crippen molar-refractivity contribution in [1.82, 2.24) is 0 Å². The molecule has 7 aromatic carbocycles. The number of hydrogen-bond donors (Lipinski definition) is 0. The Bertz CT molecular complexity index is 2650. The Morgan fingerprint density at radius 1 is 0.400 bits per heavy atom. The van der Waals surface area contributed by atoms with Crippen LogP contribution in [0.3, 0.4) is 0 Å². The first-order valence-electron chi connectivity index (χ1n) is 17.6. The number of nitrogens with zero attached hydrogens (tertiary/aromatic N) is 1. The van der Waals surface area contributed by atoms with Gasteiger partial charge >= 0.3 is 0 Å². The minimum absolute atomic E-state index is 0.0338. The second kappa shape index (κ2) is 10.5. The van der Waals surface area contributed by atoms with Gasteiger partial charge in [-0.2, -0.15) is 0 Å². The van der Waals surface area contributed by atoms with Crippen molar-refractivity contribution < 1.29 is 0 Å². The smallest absolute Gasteiger partial charge is 0.0468 e. The Hall–Kier alpha value is -5.44. The SMILES string of the molecule is CC1(C)c2ccccc2-c2cc(N(c3ccc(-c4cccc5c4sc4ccccc45)cc3)c3ccc4c(c3)C(C)(C)c3ccccc3-4)ccc21. The van der Waals surface area contributed by atoms with Crippen molar-refractivity contribution in [1.29, 1.82) is 0 Å². The molecule has 0 aliphatic heterocycles. The van der Waals surface area contributed by atoms with Crippen molar-refractivity contribution in [3.63, 3.8) is 0 Å². The van der Waals surface area contributed by atoms with Crippen LogP contribution in [0.15, 0.2) is 152 Å². The van der Waals surface area contributed by atoms with Crippen LogP contribution in [0.25, 0.3) is 53.6 Å². The minimum atomic E-state index is -0.0820. The molecule has 0 fully saturated rings. The lowest BCUT2D eigenvalue weighted by atomic mass is 9.82. The Labute approximate surface area is 298 Å². The van der Waals surface area contributed by atoms with Crippen LogP contribution in [0.1, 0.15) is 49.9 Å². The number of anilines is 3. The highest BCUT2D eigenvalue weighted by Gasteiger charge is 2.37. The van der Waals surface area contributed by atoms with Gasteiger partial charge in [0.25, 0.3) is 0 Å². The molecule has 0 N–H and O–H groups in total. The normalized spacial score (nSPS) is 14.7. The van der Waals surface area contributed by atoms with E-state index >= 15 is 0 Å². The third-order valence-corrected chi connectivity index (χ3v) is 12.7. The predicted octanol–water partition coefficient (Wildman–Crippen LogP) is 13.8. The summed E-state index contributed by atoms with van der Waals surface area (Å²) in [6, 6.07) is 56.7. The van der Waals surface area contributed by atoms with Crippen LogP contribution in [0.4, 0.5) is 17.1 Å². The molecule has 0 amide bonds. The highest BCUT2D eigenvalue weighted by Crippen LogP contribution is 2.53. The van der Waals surface area contributed by atoms with Crippen LogP contribution in [0.5, 0.6) is 0 Å². The molecule has 0 saturated heterocycles. The summed E-state index contributed by atoms with van der Waals surface area (Å²) in [5, 5.41) is 2.66. The molecule has 0 unspecified atom stereocenters. The summed E-state index contributed by atoms with van der Waals surface area (Å²) in [6.07, 6.45) is 0. The Kier molecular flexibility index (Phi) is 6.21. The molecule has 1 heterocycles. The van der Waals surface area contributed by atoms with Gasteiger partial charge in [-0.25, -0.2) is 0 Å². The van der Waals surface area contributed by atoms with Gasteiger partial charge in [-0.05, 0) is 98.1 Å². The van der Waals surface area contributed by atoms with Gasteiger partial charge in [0.1, 0.15) is 0 Å². The largest absolute Gasteiger partial charge is 0.310 e. The number of thiophene rings is 1. The summed E-state index contributed by atoms with van der Waals surface area (Å²) in [7, 11) is 0. The van der Waals surface area contributed by atoms with E-state index in [4.69, 9.17) is 0 Å². The summed E-state index contributed by atoms with van der Waals surface area (Å²) < 4.78 is 2.68. The van der Waals surface area contributed by atoms with Gasteiger partial charge in [0.2, 0.25) is 0 Å². The minimum Gasteiger partial charge on any atom is -0.310 e. The van der Waals surface area contributed by atoms with E-state index in [-0.39, 0.29) is 10.8 Å². The maximum Gasteiger partial charge on any atom is 0.0468 e. The predicted molar refractivity (Wildman–Crippen MR) is 215 cm³/mol. The van der Waals surface area contributed by atoms with Crippen LogP contribution in [0.2, 0.25) is 0 Å². The molecule has 0 spiro atoms. The summed E-state index contributed by atoms with van der Waals surface area (Å²) in [6.45, 7) is 9.43. The third kappa shape index (κ3) is 4.12. The van der Waals surface area contributed by atoms with Gasteiger partial charge in [0, 0.05) is 48.1 Å². The molecule has 50 heavy (non-hydrogen) atoms. The fourth-order valence-corrected chi connectivity index (χ4v) is 10.1. The summed E-state index contributed by atoms with van der Waals surface area (Å²) in [5.74, 6) is 0. The van der Waals surface area contributed by atoms with Crippen molar-refractivity contribution >= 4 is 48.6 Å². The highest BCUT2D eigenvalue weighted by atomic mass is 32.1. The van der Waals surface area contributed by atoms with Crippen LogP contribution in [-0.4, -0.2) is 0 Å². The zero-order chi connectivity index (χ0) is 33.8. The molecule has 0 saturated carbocycles. The number of rotatable bonds is 4. The van der Waals surface area contributed by atoms with Crippen molar-refractivity contribution in [3.05, 3.63) is 174 Å². The summed E-state index contributed by atoms with van der Waals surface area (Å²) in [4.78, 5) is 2.46. The van der Waals surface area contributed by atoms with Gasteiger partial charge in [0.15, 0.2) is 0 Å². The first-order chi connectivity index (χ1) is 24.3. The molecule has 2 aliphatic carbocycles. The highest BCUT2D eigenvalue weighted by molar-refractivity contribution is 7.26. The lowest BCUT2D eigenvalue weighted by Gasteiger charge is -2.29. The maximum atomic E-state index is 2.46. The first kappa shape index (κ1) is 29.5. The second-order valence-corrected chi connectivity index (χ2v) is 16.0.